The van der Waals surface area contributed by atoms with Gasteiger partial charge in [0.2, 0.25) is 5.56 Å². The first-order valence-corrected chi connectivity index (χ1v) is 7.22. The Bertz CT molecular complexity index is 959. The zero-order chi connectivity index (χ0) is 15.9. The molecule has 3 rings (SSSR count). The van der Waals surface area contributed by atoms with Gasteiger partial charge in [-0.05, 0) is 46.7 Å². The number of rotatable bonds is 1. The molecule has 2 N–H and O–H groups in total. The van der Waals surface area contributed by atoms with E-state index in [0.29, 0.717) is 11.1 Å². The van der Waals surface area contributed by atoms with Crippen molar-refractivity contribution in [3.63, 3.8) is 0 Å². The normalized spacial score (nSPS) is 11.8. The van der Waals surface area contributed by atoms with Crippen LogP contribution >= 0.6 is 0 Å². The summed E-state index contributed by atoms with van der Waals surface area (Å²) in [5.74, 6) is 0. The highest BCUT2D eigenvalue weighted by Gasteiger charge is 2.18. The fourth-order valence-electron chi connectivity index (χ4n) is 2.54. The van der Waals surface area contributed by atoms with Crippen LogP contribution in [-0.4, -0.2) is 9.97 Å². The summed E-state index contributed by atoms with van der Waals surface area (Å²) in [7, 11) is 0. The molecule has 4 nitrogen and oxygen atoms in total. The summed E-state index contributed by atoms with van der Waals surface area (Å²) in [6.45, 7) is 6.37. The van der Waals surface area contributed by atoms with Crippen molar-refractivity contribution in [2.24, 2.45) is 0 Å². The Kier molecular flexibility index (Phi) is 3.24. The van der Waals surface area contributed by atoms with Crippen LogP contribution in [0.3, 0.4) is 0 Å². The van der Waals surface area contributed by atoms with Gasteiger partial charge in [0.1, 0.15) is 0 Å². The quantitative estimate of drug-likeness (QED) is 0.724. The van der Waals surface area contributed by atoms with Crippen molar-refractivity contribution in [1.29, 1.82) is 0 Å². The first-order valence-electron chi connectivity index (χ1n) is 7.22. The predicted octanol–water partition coefficient (Wildman–Crippen LogP) is 3.18. The van der Waals surface area contributed by atoms with Gasteiger partial charge >= 0.3 is 0 Å². The summed E-state index contributed by atoms with van der Waals surface area (Å²) in [5, 5.41) is 0.922. The topological polar surface area (TPSA) is 65.7 Å². The van der Waals surface area contributed by atoms with Crippen molar-refractivity contribution in [3.05, 3.63) is 68.9 Å². The molecule has 3 aromatic rings. The number of H-pyrrole nitrogens is 2. The predicted molar refractivity (Wildman–Crippen MR) is 89.3 cm³/mol. The summed E-state index contributed by atoms with van der Waals surface area (Å²) in [5.41, 5.74) is 2.72. The smallest absolute Gasteiger partial charge is 0.255 e. The fourth-order valence-corrected chi connectivity index (χ4v) is 2.54. The number of aromatic amines is 2. The largest absolute Gasteiger partial charge is 0.329 e. The van der Waals surface area contributed by atoms with E-state index in [1.54, 1.807) is 24.4 Å². The van der Waals surface area contributed by atoms with Gasteiger partial charge in [-0.25, -0.2) is 0 Å². The van der Waals surface area contributed by atoms with Crippen molar-refractivity contribution < 1.29 is 0 Å². The van der Waals surface area contributed by atoms with E-state index in [1.165, 1.54) is 6.07 Å². The first-order chi connectivity index (χ1) is 10.4. The second-order valence-electron chi connectivity index (χ2n) is 6.47. The van der Waals surface area contributed by atoms with Crippen LogP contribution in [0, 0.1) is 0 Å². The summed E-state index contributed by atoms with van der Waals surface area (Å²) in [4.78, 5) is 29.4. The minimum Gasteiger partial charge on any atom is -0.329 e. The van der Waals surface area contributed by atoms with E-state index < -0.39 is 0 Å². The maximum atomic E-state index is 12.2. The van der Waals surface area contributed by atoms with Crippen molar-refractivity contribution in [2.75, 3.05) is 0 Å². The highest BCUT2D eigenvalue weighted by molar-refractivity contribution is 5.94. The van der Waals surface area contributed by atoms with Crippen LogP contribution in [0.25, 0.3) is 22.0 Å². The molecule has 0 aliphatic carbocycles. The van der Waals surface area contributed by atoms with Crippen LogP contribution < -0.4 is 11.1 Å². The minimum atomic E-state index is -0.176. The third kappa shape index (κ3) is 2.48. The van der Waals surface area contributed by atoms with Crippen LogP contribution in [-0.2, 0) is 5.41 Å². The van der Waals surface area contributed by atoms with Gasteiger partial charge in [-0.2, -0.15) is 0 Å². The molecule has 0 saturated carbocycles. The van der Waals surface area contributed by atoms with Crippen molar-refractivity contribution >= 4 is 10.9 Å². The Morgan fingerprint density at radius 1 is 0.955 bits per heavy atom. The van der Waals surface area contributed by atoms with E-state index in [2.05, 4.69) is 36.8 Å². The van der Waals surface area contributed by atoms with Crippen molar-refractivity contribution in [2.45, 2.75) is 26.2 Å². The molecule has 0 unspecified atom stereocenters. The number of aromatic nitrogens is 2. The number of hydrogen-bond donors (Lipinski definition) is 2. The number of hydrogen-bond acceptors (Lipinski definition) is 2. The molecule has 0 saturated heterocycles. The lowest BCUT2D eigenvalue weighted by Gasteiger charge is -2.21. The van der Waals surface area contributed by atoms with Gasteiger partial charge in [-0.15, -0.1) is 0 Å². The standard InChI is InChI=1S/C18H18N2O2/c1-18(2,3)12-9-11-6-7-15(21)20-16(11)14(10-12)13-5-4-8-19-17(13)22/h4-10H,1-3H3,(H,19,22)(H,20,21). The van der Waals surface area contributed by atoms with Crippen LogP contribution in [0.4, 0.5) is 0 Å². The Hall–Kier alpha value is -2.62. The second-order valence-corrected chi connectivity index (χ2v) is 6.47. The highest BCUT2D eigenvalue weighted by atomic mass is 16.1. The van der Waals surface area contributed by atoms with Crippen LogP contribution in [0.2, 0.25) is 0 Å². The number of benzene rings is 1. The molecule has 0 aliphatic rings. The van der Waals surface area contributed by atoms with Crippen molar-refractivity contribution in [3.8, 4) is 11.1 Å². The summed E-state index contributed by atoms with van der Waals surface area (Å²) < 4.78 is 0. The summed E-state index contributed by atoms with van der Waals surface area (Å²) in [6.07, 6.45) is 1.60. The molecular weight excluding hydrogens is 276 g/mol. The number of nitrogens with one attached hydrogen (secondary N) is 2. The SMILES string of the molecule is CC(C)(C)c1cc(-c2ccc[nH]c2=O)c2[nH]c(=O)ccc2c1. The summed E-state index contributed by atoms with van der Waals surface area (Å²) >= 11 is 0. The maximum Gasteiger partial charge on any atom is 0.255 e. The third-order valence-corrected chi connectivity index (χ3v) is 3.81. The molecule has 112 valence electrons. The van der Waals surface area contributed by atoms with E-state index >= 15 is 0 Å². The molecule has 0 fully saturated rings. The zero-order valence-electron chi connectivity index (χ0n) is 12.9. The molecule has 0 aliphatic heterocycles. The van der Waals surface area contributed by atoms with Gasteiger partial charge in [0, 0.05) is 23.4 Å². The number of fused-ring (bicyclic) bond motifs is 1. The van der Waals surface area contributed by atoms with Gasteiger partial charge in [-0.1, -0.05) is 20.8 Å². The minimum absolute atomic E-state index is 0.0549. The lowest BCUT2D eigenvalue weighted by atomic mass is 9.84. The van der Waals surface area contributed by atoms with E-state index in [0.717, 1.165) is 16.5 Å². The Balaban J connectivity index is 2.45. The Morgan fingerprint density at radius 2 is 1.73 bits per heavy atom. The van der Waals surface area contributed by atoms with E-state index in [1.807, 2.05) is 6.07 Å². The molecule has 0 atom stereocenters. The van der Waals surface area contributed by atoms with Crippen LogP contribution in [0.1, 0.15) is 26.3 Å². The molecule has 1 aromatic carbocycles. The zero-order valence-corrected chi connectivity index (χ0v) is 12.9. The Labute approximate surface area is 127 Å². The van der Waals surface area contributed by atoms with Gasteiger partial charge in [0.05, 0.1) is 5.52 Å². The van der Waals surface area contributed by atoms with Gasteiger partial charge in [0.25, 0.3) is 5.56 Å². The summed E-state index contributed by atoms with van der Waals surface area (Å²) in [6, 6.07) is 10.9. The molecule has 22 heavy (non-hydrogen) atoms. The van der Waals surface area contributed by atoms with Gasteiger partial charge in [-0.3, -0.25) is 9.59 Å². The van der Waals surface area contributed by atoms with E-state index in [-0.39, 0.29) is 16.5 Å². The Morgan fingerprint density at radius 3 is 2.41 bits per heavy atom. The lowest BCUT2D eigenvalue weighted by Crippen LogP contribution is -2.14. The van der Waals surface area contributed by atoms with E-state index in [4.69, 9.17) is 0 Å². The van der Waals surface area contributed by atoms with Crippen LogP contribution in [0.5, 0.6) is 0 Å². The molecule has 0 radical (unpaired) electrons. The monoisotopic (exact) mass is 294 g/mol. The molecule has 4 heteroatoms. The van der Waals surface area contributed by atoms with Crippen LogP contribution in [0.15, 0.2) is 52.2 Å². The fraction of sp³-hybridized carbons (Fsp3) is 0.222. The number of pyridine rings is 2. The molecule has 2 aromatic heterocycles. The van der Waals surface area contributed by atoms with Gasteiger partial charge in [0.15, 0.2) is 0 Å². The van der Waals surface area contributed by atoms with E-state index in [9.17, 15) is 9.59 Å². The third-order valence-electron chi connectivity index (χ3n) is 3.81. The lowest BCUT2D eigenvalue weighted by molar-refractivity contribution is 0.591. The average molecular weight is 294 g/mol. The van der Waals surface area contributed by atoms with Crippen molar-refractivity contribution in [1.82, 2.24) is 9.97 Å². The molecule has 2 heterocycles. The molecule has 0 spiro atoms. The molecule has 0 bridgehead atoms. The first kappa shape index (κ1) is 14.3. The molecular formula is C18H18N2O2. The maximum absolute atomic E-state index is 12.2. The average Bonchev–Trinajstić information content (AvgIpc) is 2.46. The van der Waals surface area contributed by atoms with Gasteiger partial charge < -0.3 is 9.97 Å². The second kappa shape index (κ2) is 4.98. The highest BCUT2D eigenvalue weighted by Crippen LogP contribution is 2.31. The molecule has 0 amide bonds.